The van der Waals surface area contributed by atoms with Gasteiger partial charge in [0.05, 0.1) is 11.8 Å². The molecule has 0 bridgehead atoms. The first kappa shape index (κ1) is 12.7. The Morgan fingerprint density at radius 2 is 1.93 bits per heavy atom. The highest BCUT2D eigenvalue weighted by atomic mass is 35.6. The molecule has 0 spiro atoms. The van der Waals surface area contributed by atoms with Crippen molar-refractivity contribution in [3.05, 3.63) is 0 Å². The molecule has 0 aromatic rings. The molecule has 1 rings (SSSR count). The van der Waals surface area contributed by atoms with Gasteiger partial charge in [0.25, 0.3) is 0 Å². The van der Waals surface area contributed by atoms with Crippen LogP contribution in [0.5, 0.6) is 0 Å². The third kappa shape index (κ3) is 2.60. The van der Waals surface area contributed by atoms with E-state index in [1.807, 2.05) is 13.8 Å². The summed E-state index contributed by atoms with van der Waals surface area (Å²) in [5, 5.41) is -0.507. The number of alkyl halides is 4. The van der Waals surface area contributed by atoms with E-state index >= 15 is 0 Å². The Balaban J connectivity index is 2.92. The molecule has 2 unspecified atom stereocenters. The van der Waals surface area contributed by atoms with Crippen LogP contribution in [0, 0.1) is 5.41 Å². The fourth-order valence-electron chi connectivity index (χ4n) is 1.36. The second-order valence-electron chi connectivity index (χ2n) is 4.02. The lowest BCUT2D eigenvalue weighted by Gasteiger charge is -2.41. The number of carbonyl (C=O) groups excluding carboxylic acids is 1. The molecule has 0 N–H and O–H groups in total. The van der Waals surface area contributed by atoms with Gasteiger partial charge in [-0.05, 0) is 5.41 Å². The highest BCUT2D eigenvalue weighted by molar-refractivity contribution is 6.68. The van der Waals surface area contributed by atoms with Gasteiger partial charge in [-0.15, -0.1) is 11.6 Å². The predicted molar refractivity (Wildman–Crippen MR) is 58.2 cm³/mol. The molecule has 1 heterocycles. The summed E-state index contributed by atoms with van der Waals surface area (Å²) >= 11 is 23.1. The van der Waals surface area contributed by atoms with Gasteiger partial charge >= 0.3 is 5.97 Å². The SMILES string of the molecule is CC1(C)CC(=O)OC(C(Cl)(Cl)Cl)C1Cl. The van der Waals surface area contributed by atoms with Gasteiger partial charge in [-0.3, -0.25) is 4.79 Å². The van der Waals surface area contributed by atoms with Gasteiger partial charge in [0.1, 0.15) is 0 Å². The maximum Gasteiger partial charge on any atom is 0.306 e. The van der Waals surface area contributed by atoms with Crippen LogP contribution in [0.25, 0.3) is 0 Å². The highest BCUT2D eigenvalue weighted by Gasteiger charge is 2.51. The molecule has 0 aromatic heterocycles. The van der Waals surface area contributed by atoms with Crippen molar-refractivity contribution in [2.24, 2.45) is 5.41 Å². The van der Waals surface area contributed by atoms with Gasteiger partial charge in [-0.25, -0.2) is 0 Å². The molecule has 0 radical (unpaired) electrons. The number of halogens is 4. The summed E-state index contributed by atoms with van der Waals surface area (Å²) < 4.78 is 3.25. The zero-order valence-corrected chi connectivity index (χ0v) is 10.7. The average Bonchev–Trinajstić information content (AvgIpc) is 1.93. The van der Waals surface area contributed by atoms with Crippen LogP contribution < -0.4 is 0 Å². The van der Waals surface area contributed by atoms with E-state index in [9.17, 15) is 4.79 Å². The van der Waals surface area contributed by atoms with Crippen molar-refractivity contribution in [1.29, 1.82) is 0 Å². The zero-order valence-electron chi connectivity index (χ0n) is 7.69. The smallest absolute Gasteiger partial charge is 0.306 e. The monoisotopic (exact) mass is 278 g/mol. The topological polar surface area (TPSA) is 26.3 Å². The molecule has 0 aliphatic carbocycles. The van der Waals surface area contributed by atoms with Crippen molar-refractivity contribution in [3.8, 4) is 0 Å². The lowest BCUT2D eigenvalue weighted by atomic mass is 9.81. The van der Waals surface area contributed by atoms with Crippen LogP contribution in [-0.4, -0.2) is 21.2 Å². The second-order valence-corrected chi connectivity index (χ2v) is 6.86. The lowest BCUT2D eigenvalue weighted by molar-refractivity contribution is -0.159. The molecule has 2 atom stereocenters. The number of esters is 1. The maximum absolute atomic E-state index is 11.2. The molecule has 6 heteroatoms. The summed E-state index contributed by atoms with van der Waals surface area (Å²) in [6.45, 7) is 3.68. The molecule has 0 amide bonds. The number of hydrogen-bond acceptors (Lipinski definition) is 2. The third-order valence-electron chi connectivity index (χ3n) is 2.19. The molecule has 82 valence electrons. The summed E-state index contributed by atoms with van der Waals surface area (Å²) in [7, 11) is 0. The van der Waals surface area contributed by atoms with Crippen molar-refractivity contribution < 1.29 is 9.53 Å². The minimum absolute atomic E-state index is 0.235. The Labute approximate surface area is 103 Å². The molecule has 1 fully saturated rings. The molecule has 1 aliphatic heterocycles. The molecular formula is C8H10Cl4O2. The van der Waals surface area contributed by atoms with Crippen molar-refractivity contribution in [2.75, 3.05) is 0 Å². The summed E-state index contributed by atoms with van der Waals surface area (Å²) in [6.07, 6.45) is -0.663. The van der Waals surface area contributed by atoms with Gasteiger partial charge < -0.3 is 4.74 Å². The van der Waals surface area contributed by atoms with Gasteiger partial charge in [-0.1, -0.05) is 48.7 Å². The van der Waals surface area contributed by atoms with Crippen LogP contribution in [-0.2, 0) is 9.53 Å². The standard InChI is InChI=1S/C8H10Cl4O2/c1-7(2)3-4(13)14-6(5(7)9)8(10,11)12/h5-6H,3H2,1-2H3. The summed E-state index contributed by atoms with van der Waals surface area (Å²) in [6, 6.07) is 0. The quantitative estimate of drug-likeness (QED) is 0.502. The Morgan fingerprint density at radius 1 is 1.43 bits per heavy atom. The fourth-order valence-corrected chi connectivity index (χ4v) is 2.38. The Kier molecular flexibility index (Phi) is 3.53. The zero-order chi connectivity index (χ0) is 11.1. The normalized spacial score (nSPS) is 32.6. The van der Waals surface area contributed by atoms with Crippen molar-refractivity contribution in [1.82, 2.24) is 0 Å². The van der Waals surface area contributed by atoms with Gasteiger partial charge in [0.2, 0.25) is 3.79 Å². The Morgan fingerprint density at radius 3 is 2.36 bits per heavy atom. The van der Waals surface area contributed by atoms with E-state index in [2.05, 4.69) is 0 Å². The Bertz CT molecular complexity index is 246. The van der Waals surface area contributed by atoms with Gasteiger partial charge in [0.15, 0.2) is 6.10 Å². The summed E-state index contributed by atoms with van der Waals surface area (Å²) in [5.41, 5.74) is -0.425. The van der Waals surface area contributed by atoms with Crippen molar-refractivity contribution in [2.45, 2.75) is 35.5 Å². The fraction of sp³-hybridized carbons (Fsp3) is 0.875. The van der Waals surface area contributed by atoms with E-state index < -0.39 is 20.7 Å². The van der Waals surface area contributed by atoms with Crippen LogP contribution in [0.1, 0.15) is 20.3 Å². The molecule has 1 aliphatic rings. The van der Waals surface area contributed by atoms with E-state index in [1.165, 1.54) is 0 Å². The van der Waals surface area contributed by atoms with Crippen LogP contribution >= 0.6 is 46.4 Å². The van der Waals surface area contributed by atoms with E-state index in [1.54, 1.807) is 0 Å². The predicted octanol–water partition coefficient (Wildman–Crippen LogP) is 3.31. The lowest BCUT2D eigenvalue weighted by Crippen LogP contribution is -2.51. The average molecular weight is 280 g/mol. The highest BCUT2D eigenvalue weighted by Crippen LogP contribution is 2.45. The first-order valence-corrected chi connectivity index (χ1v) is 5.62. The largest absolute Gasteiger partial charge is 0.456 e. The van der Waals surface area contributed by atoms with E-state index in [0.29, 0.717) is 0 Å². The van der Waals surface area contributed by atoms with Crippen molar-refractivity contribution >= 4 is 52.4 Å². The van der Waals surface area contributed by atoms with Crippen LogP contribution in [0.4, 0.5) is 0 Å². The second kappa shape index (κ2) is 3.89. The van der Waals surface area contributed by atoms with Crippen LogP contribution in [0.2, 0.25) is 0 Å². The number of carbonyl (C=O) groups is 1. The first-order chi connectivity index (χ1) is 6.14. The third-order valence-corrected chi connectivity index (χ3v) is 3.66. The van der Waals surface area contributed by atoms with Gasteiger partial charge in [0, 0.05) is 0 Å². The van der Waals surface area contributed by atoms with Gasteiger partial charge in [-0.2, -0.15) is 0 Å². The molecule has 0 saturated carbocycles. The maximum atomic E-state index is 11.2. The molecule has 0 aromatic carbocycles. The molecule has 2 nitrogen and oxygen atoms in total. The number of rotatable bonds is 0. The number of ether oxygens (including phenoxy) is 1. The molecule has 1 saturated heterocycles. The summed E-state index contributed by atoms with van der Waals surface area (Å²) in [4.78, 5) is 11.2. The van der Waals surface area contributed by atoms with E-state index in [-0.39, 0.29) is 12.4 Å². The van der Waals surface area contributed by atoms with Crippen LogP contribution in [0.15, 0.2) is 0 Å². The summed E-state index contributed by atoms with van der Waals surface area (Å²) in [5.74, 6) is -0.386. The Hall–Kier alpha value is 0.630. The molecular weight excluding hydrogens is 270 g/mol. The number of hydrogen-bond donors (Lipinski definition) is 0. The minimum atomic E-state index is -1.68. The van der Waals surface area contributed by atoms with E-state index in [4.69, 9.17) is 51.1 Å². The van der Waals surface area contributed by atoms with E-state index in [0.717, 1.165) is 0 Å². The van der Waals surface area contributed by atoms with Crippen LogP contribution in [0.3, 0.4) is 0 Å². The van der Waals surface area contributed by atoms with Crippen molar-refractivity contribution in [3.63, 3.8) is 0 Å². The molecule has 14 heavy (non-hydrogen) atoms. The minimum Gasteiger partial charge on any atom is -0.456 e. The first-order valence-electron chi connectivity index (χ1n) is 4.05. The number of cyclic esters (lactones) is 1.